The van der Waals surface area contributed by atoms with Crippen LogP contribution >= 0.6 is 11.8 Å². The lowest BCUT2D eigenvalue weighted by Gasteiger charge is -2.18. The number of amides is 3. The normalized spacial score (nSPS) is 12.2. The number of rotatable bonds is 4. The third kappa shape index (κ3) is 4.74. The Morgan fingerprint density at radius 2 is 2.00 bits per heavy atom. The van der Waals surface area contributed by atoms with E-state index in [-0.39, 0.29) is 5.92 Å². The average Bonchev–Trinajstić information content (AvgIpc) is 2.22. The Morgan fingerprint density at radius 3 is 2.47 bits per heavy atom. The van der Waals surface area contributed by atoms with Crippen LogP contribution in [0.3, 0.4) is 0 Å². The second-order valence-corrected chi connectivity index (χ2v) is 5.46. The Kier molecular flexibility index (Phi) is 5.11. The van der Waals surface area contributed by atoms with Crippen LogP contribution in [-0.4, -0.2) is 27.2 Å². The third-order valence-corrected chi connectivity index (χ3v) is 3.60. The summed E-state index contributed by atoms with van der Waals surface area (Å²) in [6.45, 7) is 5.50. The Hall–Kier alpha value is -1.83. The van der Waals surface area contributed by atoms with Crippen molar-refractivity contribution in [1.29, 1.82) is 0 Å². The van der Waals surface area contributed by atoms with Crippen LogP contribution in [-0.2, 0) is 4.79 Å². The summed E-state index contributed by atoms with van der Waals surface area (Å²) in [6, 6.07) is 0.763. The maximum atomic E-state index is 11.8. The second kappa shape index (κ2) is 6.37. The molecule has 5 N–H and O–H groups in total. The van der Waals surface area contributed by atoms with E-state index in [1.807, 2.05) is 13.8 Å². The fourth-order valence-electron chi connectivity index (χ4n) is 1.42. The number of hydrogen-bond donors (Lipinski definition) is 3. The van der Waals surface area contributed by atoms with Crippen LogP contribution in [0.5, 0.6) is 0 Å². The van der Waals surface area contributed by atoms with Crippen LogP contribution in [0.4, 0.5) is 10.6 Å². The molecule has 0 saturated heterocycles. The number of imide groups is 1. The Bertz CT molecular complexity index is 472. The minimum Gasteiger partial charge on any atom is -0.384 e. The first-order valence-electron chi connectivity index (χ1n) is 5.67. The minimum atomic E-state index is -0.874. The van der Waals surface area contributed by atoms with Gasteiger partial charge in [-0.2, -0.15) is 0 Å². The maximum absolute atomic E-state index is 11.8. The van der Waals surface area contributed by atoms with Crippen LogP contribution in [0.25, 0.3) is 0 Å². The molecule has 1 aromatic rings. The van der Waals surface area contributed by atoms with E-state index < -0.39 is 17.2 Å². The zero-order valence-electron chi connectivity index (χ0n) is 11.0. The van der Waals surface area contributed by atoms with Gasteiger partial charge in [-0.05, 0) is 12.8 Å². The van der Waals surface area contributed by atoms with Gasteiger partial charge in [-0.15, -0.1) is 0 Å². The lowest BCUT2D eigenvalue weighted by molar-refractivity contribution is -0.120. The topological polar surface area (TPSA) is 124 Å². The van der Waals surface area contributed by atoms with Gasteiger partial charge in [-0.25, -0.2) is 14.8 Å². The van der Waals surface area contributed by atoms with Crippen molar-refractivity contribution in [1.82, 2.24) is 15.3 Å². The highest BCUT2D eigenvalue weighted by atomic mass is 32.2. The molecule has 0 aliphatic rings. The van der Waals surface area contributed by atoms with E-state index in [9.17, 15) is 9.59 Å². The molecule has 0 aromatic carbocycles. The fraction of sp³-hybridized carbons (Fsp3) is 0.455. The molecule has 104 valence electrons. The first-order chi connectivity index (χ1) is 8.79. The summed E-state index contributed by atoms with van der Waals surface area (Å²) in [5, 5.41) is 1.95. The van der Waals surface area contributed by atoms with Crippen LogP contribution in [0.2, 0.25) is 0 Å². The number of anilines is 1. The van der Waals surface area contributed by atoms with Crippen LogP contribution < -0.4 is 16.8 Å². The summed E-state index contributed by atoms with van der Waals surface area (Å²) in [5.74, 6) is -0.140. The van der Waals surface area contributed by atoms with Gasteiger partial charge in [0.1, 0.15) is 5.82 Å². The van der Waals surface area contributed by atoms with Crippen LogP contribution in [0, 0.1) is 12.8 Å². The number of thioether (sulfide) groups is 1. The van der Waals surface area contributed by atoms with Crippen LogP contribution in [0.1, 0.15) is 19.5 Å². The van der Waals surface area contributed by atoms with Crippen molar-refractivity contribution in [2.75, 3.05) is 5.73 Å². The largest absolute Gasteiger partial charge is 0.384 e. The number of primary amides is 1. The monoisotopic (exact) mass is 283 g/mol. The molecular formula is C11H17N5O2S. The lowest BCUT2D eigenvalue weighted by atomic mass is 10.1. The van der Waals surface area contributed by atoms with Crippen molar-refractivity contribution in [3.05, 3.63) is 11.8 Å². The van der Waals surface area contributed by atoms with E-state index in [4.69, 9.17) is 11.5 Å². The quantitative estimate of drug-likeness (QED) is 0.551. The number of nitrogen functional groups attached to an aromatic ring is 1. The number of aromatic nitrogens is 2. The van der Waals surface area contributed by atoms with E-state index in [0.717, 1.165) is 11.8 Å². The van der Waals surface area contributed by atoms with Gasteiger partial charge in [0.2, 0.25) is 5.91 Å². The number of carbonyl (C=O) groups is 2. The number of aryl methyl sites for hydroxylation is 1. The predicted molar refractivity (Wildman–Crippen MR) is 73.4 cm³/mol. The van der Waals surface area contributed by atoms with Gasteiger partial charge in [0.15, 0.2) is 5.16 Å². The molecule has 1 aromatic heterocycles. The molecule has 0 radical (unpaired) electrons. The van der Waals surface area contributed by atoms with Gasteiger partial charge in [0.25, 0.3) is 0 Å². The summed E-state index contributed by atoms with van der Waals surface area (Å²) in [5.41, 5.74) is 11.3. The number of nitrogens with zero attached hydrogens (tertiary/aromatic N) is 2. The van der Waals surface area contributed by atoms with Crippen molar-refractivity contribution < 1.29 is 9.59 Å². The van der Waals surface area contributed by atoms with Gasteiger partial charge in [-0.3, -0.25) is 10.1 Å². The van der Waals surface area contributed by atoms with E-state index in [2.05, 4.69) is 15.3 Å². The molecular weight excluding hydrogens is 266 g/mol. The fourth-order valence-corrected chi connectivity index (χ4v) is 2.44. The molecule has 0 spiro atoms. The Morgan fingerprint density at radius 1 is 1.37 bits per heavy atom. The molecule has 0 aliphatic carbocycles. The van der Waals surface area contributed by atoms with E-state index in [0.29, 0.717) is 16.7 Å². The van der Waals surface area contributed by atoms with Crippen molar-refractivity contribution in [2.45, 2.75) is 31.2 Å². The van der Waals surface area contributed by atoms with Crippen molar-refractivity contribution in [3.63, 3.8) is 0 Å². The summed E-state index contributed by atoms with van der Waals surface area (Å²) < 4.78 is 0. The first-order valence-corrected chi connectivity index (χ1v) is 6.55. The number of hydrogen-bond acceptors (Lipinski definition) is 6. The number of carbonyl (C=O) groups excluding carboxylic acids is 2. The van der Waals surface area contributed by atoms with E-state index in [1.54, 1.807) is 13.0 Å². The number of nitrogens with two attached hydrogens (primary N) is 2. The molecule has 1 atom stereocenters. The molecule has 8 heteroatoms. The first kappa shape index (κ1) is 15.2. The van der Waals surface area contributed by atoms with Gasteiger partial charge < -0.3 is 11.5 Å². The van der Waals surface area contributed by atoms with E-state index >= 15 is 0 Å². The molecule has 0 fully saturated rings. The molecule has 7 nitrogen and oxygen atoms in total. The third-order valence-electron chi connectivity index (χ3n) is 2.20. The Balaban J connectivity index is 2.89. The predicted octanol–water partition coefficient (Wildman–Crippen LogP) is 0.679. The standard InChI is InChI=1S/C11H17N5O2S/c1-5(2)8(9(17)16-10(13)18)19-11-14-6(3)4-7(12)15-11/h4-5,8H,1-3H3,(H2,12,14,15)(H3,13,16,17,18). The second-order valence-electron chi connectivity index (χ2n) is 4.35. The molecule has 0 saturated carbocycles. The summed E-state index contributed by atoms with van der Waals surface area (Å²) >= 11 is 1.15. The van der Waals surface area contributed by atoms with E-state index in [1.165, 1.54) is 0 Å². The van der Waals surface area contributed by atoms with Crippen molar-refractivity contribution in [2.24, 2.45) is 11.7 Å². The summed E-state index contributed by atoms with van der Waals surface area (Å²) in [7, 11) is 0. The number of urea groups is 1. The summed E-state index contributed by atoms with van der Waals surface area (Å²) in [4.78, 5) is 30.8. The van der Waals surface area contributed by atoms with Crippen LogP contribution in [0.15, 0.2) is 11.2 Å². The minimum absolute atomic E-state index is 0.0188. The molecule has 1 unspecified atom stereocenters. The molecule has 19 heavy (non-hydrogen) atoms. The molecule has 1 heterocycles. The highest BCUT2D eigenvalue weighted by Crippen LogP contribution is 2.26. The maximum Gasteiger partial charge on any atom is 0.318 e. The molecule has 0 aliphatic heterocycles. The molecule has 3 amide bonds. The molecule has 1 rings (SSSR count). The van der Waals surface area contributed by atoms with Crippen molar-refractivity contribution in [3.8, 4) is 0 Å². The lowest BCUT2D eigenvalue weighted by Crippen LogP contribution is -2.42. The zero-order chi connectivity index (χ0) is 14.6. The number of nitrogens with one attached hydrogen (secondary N) is 1. The smallest absolute Gasteiger partial charge is 0.318 e. The highest BCUT2D eigenvalue weighted by molar-refractivity contribution is 8.00. The zero-order valence-corrected chi connectivity index (χ0v) is 11.8. The van der Waals surface area contributed by atoms with Gasteiger partial charge in [0, 0.05) is 11.8 Å². The van der Waals surface area contributed by atoms with Crippen molar-refractivity contribution >= 4 is 29.5 Å². The average molecular weight is 283 g/mol. The van der Waals surface area contributed by atoms with Gasteiger partial charge in [0.05, 0.1) is 5.25 Å². The van der Waals surface area contributed by atoms with Gasteiger partial charge in [-0.1, -0.05) is 25.6 Å². The molecule has 0 bridgehead atoms. The van der Waals surface area contributed by atoms with Gasteiger partial charge >= 0.3 is 6.03 Å². The summed E-state index contributed by atoms with van der Waals surface area (Å²) in [6.07, 6.45) is 0. The SMILES string of the molecule is Cc1cc(N)nc(SC(C(=O)NC(N)=O)C(C)C)n1. The highest BCUT2D eigenvalue weighted by Gasteiger charge is 2.25. The Labute approximate surface area is 115 Å².